The summed E-state index contributed by atoms with van der Waals surface area (Å²) in [6.07, 6.45) is 0. The maximum absolute atomic E-state index is 6.01. The summed E-state index contributed by atoms with van der Waals surface area (Å²) in [6.45, 7) is 2.02. The topological polar surface area (TPSA) is 47.0 Å². The third kappa shape index (κ3) is 2.90. The number of nitrogens with one attached hydrogen (secondary N) is 1. The zero-order valence-corrected chi connectivity index (χ0v) is 13.6. The molecule has 0 aliphatic carbocycles. The van der Waals surface area contributed by atoms with E-state index in [0.29, 0.717) is 27.6 Å². The van der Waals surface area contributed by atoms with Gasteiger partial charge >= 0.3 is 0 Å². The Morgan fingerprint density at radius 2 is 1.95 bits per heavy atom. The Morgan fingerprint density at radius 1 is 1.14 bits per heavy atom. The van der Waals surface area contributed by atoms with Gasteiger partial charge < -0.3 is 10.1 Å². The number of nitrogens with zero attached hydrogens (tertiary/aromatic N) is 2. The van der Waals surface area contributed by atoms with E-state index in [1.807, 2.05) is 13.0 Å². The summed E-state index contributed by atoms with van der Waals surface area (Å²) in [6, 6.07) is 7.11. The number of halogens is 2. The second kappa shape index (κ2) is 5.67. The molecule has 2 aromatic heterocycles. The molecule has 7 heteroatoms. The highest BCUT2D eigenvalue weighted by Crippen LogP contribution is 2.35. The normalized spacial score (nSPS) is 10.9. The van der Waals surface area contributed by atoms with Crippen molar-refractivity contribution in [1.82, 2.24) is 9.97 Å². The summed E-state index contributed by atoms with van der Waals surface area (Å²) < 4.78 is 5.86. The van der Waals surface area contributed by atoms with E-state index in [4.69, 9.17) is 27.9 Å². The lowest BCUT2D eigenvalue weighted by atomic mass is 10.3. The van der Waals surface area contributed by atoms with Gasteiger partial charge in [-0.15, -0.1) is 11.3 Å². The van der Waals surface area contributed by atoms with Crippen LogP contribution in [-0.2, 0) is 0 Å². The van der Waals surface area contributed by atoms with Crippen molar-refractivity contribution in [2.75, 3.05) is 12.4 Å². The van der Waals surface area contributed by atoms with E-state index in [1.165, 1.54) is 0 Å². The minimum atomic E-state index is 0.440. The molecule has 4 nitrogen and oxygen atoms in total. The van der Waals surface area contributed by atoms with Gasteiger partial charge in [0.25, 0.3) is 0 Å². The zero-order valence-electron chi connectivity index (χ0n) is 11.3. The van der Waals surface area contributed by atoms with Crippen LogP contribution in [0.5, 0.6) is 11.6 Å². The maximum Gasteiger partial charge on any atom is 0.232 e. The Kier molecular flexibility index (Phi) is 3.89. The van der Waals surface area contributed by atoms with E-state index >= 15 is 0 Å². The van der Waals surface area contributed by atoms with Crippen molar-refractivity contribution in [3.05, 3.63) is 39.2 Å². The summed E-state index contributed by atoms with van der Waals surface area (Å²) in [5.41, 5.74) is 0. The summed E-state index contributed by atoms with van der Waals surface area (Å²) >= 11 is 13.5. The summed E-state index contributed by atoms with van der Waals surface area (Å²) in [7, 11) is 1.77. The monoisotopic (exact) mass is 339 g/mol. The number of rotatable bonds is 3. The molecule has 0 saturated heterocycles. The molecular formula is C14H11Cl2N3OS. The predicted molar refractivity (Wildman–Crippen MR) is 88.2 cm³/mol. The minimum Gasteiger partial charge on any atom is -0.438 e. The lowest BCUT2D eigenvalue weighted by Gasteiger charge is -2.08. The molecule has 3 rings (SSSR count). The first-order valence-corrected chi connectivity index (χ1v) is 7.73. The SMILES string of the molecule is CNc1nc(Oc2ccc(Cl)c(Cl)c2)c2cc(C)sc2n1. The Labute approximate surface area is 135 Å². The van der Waals surface area contributed by atoms with E-state index in [9.17, 15) is 0 Å². The van der Waals surface area contributed by atoms with Crippen LogP contribution in [-0.4, -0.2) is 17.0 Å². The van der Waals surface area contributed by atoms with Crippen molar-refractivity contribution < 1.29 is 4.74 Å². The smallest absolute Gasteiger partial charge is 0.232 e. The van der Waals surface area contributed by atoms with Gasteiger partial charge in [-0.1, -0.05) is 23.2 Å². The van der Waals surface area contributed by atoms with Crippen LogP contribution in [0.3, 0.4) is 0 Å². The van der Waals surface area contributed by atoms with Gasteiger partial charge in [-0.3, -0.25) is 0 Å². The number of hydrogen-bond donors (Lipinski definition) is 1. The Hall–Kier alpha value is -1.56. The fourth-order valence-electron chi connectivity index (χ4n) is 1.86. The number of benzene rings is 1. The van der Waals surface area contributed by atoms with Crippen molar-refractivity contribution in [2.45, 2.75) is 6.92 Å². The first-order valence-electron chi connectivity index (χ1n) is 6.15. The Balaban J connectivity index is 2.07. The summed E-state index contributed by atoms with van der Waals surface area (Å²) in [5.74, 6) is 1.59. The van der Waals surface area contributed by atoms with E-state index in [0.717, 1.165) is 15.1 Å². The molecule has 21 heavy (non-hydrogen) atoms. The molecule has 2 heterocycles. The molecule has 3 aromatic rings. The molecule has 0 fully saturated rings. The molecule has 0 saturated carbocycles. The molecule has 0 unspecified atom stereocenters. The van der Waals surface area contributed by atoms with Gasteiger partial charge in [-0.05, 0) is 25.1 Å². The molecule has 0 aliphatic rings. The van der Waals surface area contributed by atoms with E-state index < -0.39 is 0 Å². The molecule has 0 radical (unpaired) electrons. The molecule has 0 bridgehead atoms. The Bertz CT molecular complexity index is 819. The van der Waals surface area contributed by atoms with Crippen LogP contribution in [0.1, 0.15) is 4.88 Å². The third-order valence-corrected chi connectivity index (χ3v) is 4.49. The molecule has 0 spiro atoms. The lowest BCUT2D eigenvalue weighted by Crippen LogP contribution is -1.98. The van der Waals surface area contributed by atoms with Crippen LogP contribution in [0.15, 0.2) is 24.3 Å². The van der Waals surface area contributed by atoms with Gasteiger partial charge in [-0.25, -0.2) is 4.98 Å². The highest BCUT2D eigenvalue weighted by molar-refractivity contribution is 7.18. The van der Waals surface area contributed by atoms with Gasteiger partial charge in [0.05, 0.1) is 15.4 Å². The van der Waals surface area contributed by atoms with Crippen LogP contribution in [0, 0.1) is 6.92 Å². The quantitative estimate of drug-likeness (QED) is 0.717. The van der Waals surface area contributed by atoms with Crippen molar-refractivity contribution in [3.63, 3.8) is 0 Å². The van der Waals surface area contributed by atoms with Crippen LogP contribution < -0.4 is 10.1 Å². The number of hydrogen-bond acceptors (Lipinski definition) is 5. The second-order valence-electron chi connectivity index (χ2n) is 4.36. The average Bonchev–Trinajstić information content (AvgIpc) is 2.83. The fraction of sp³-hybridized carbons (Fsp3) is 0.143. The third-order valence-electron chi connectivity index (χ3n) is 2.81. The Morgan fingerprint density at radius 3 is 2.67 bits per heavy atom. The van der Waals surface area contributed by atoms with Crippen LogP contribution in [0.4, 0.5) is 5.95 Å². The predicted octanol–water partition coefficient (Wildman–Crippen LogP) is 5.14. The molecule has 108 valence electrons. The zero-order chi connectivity index (χ0) is 15.0. The van der Waals surface area contributed by atoms with Crippen molar-refractivity contribution in [2.24, 2.45) is 0 Å². The minimum absolute atomic E-state index is 0.440. The van der Waals surface area contributed by atoms with Gasteiger partial charge in [0, 0.05) is 18.0 Å². The lowest BCUT2D eigenvalue weighted by molar-refractivity contribution is 0.469. The van der Waals surface area contributed by atoms with E-state index in [-0.39, 0.29) is 0 Å². The molecule has 0 atom stereocenters. The second-order valence-corrected chi connectivity index (χ2v) is 6.41. The number of thiophene rings is 1. The molecule has 0 aliphatic heterocycles. The standard InChI is InChI=1S/C14H11Cl2N3OS/c1-7-5-9-12(18-14(17-2)19-13(9)21-7)20-8-3-4-10(15)11(16)6-8/h3-6H,1-2H3,(H,17,18,19). The molecule has 1 aromatic carbocycles. The van der Waals surface area contributed by atoms with Gasteiger partial charge in [0.1, 0.15) is 10.6 Å². The largest absolute Gasteiger partial charge is 0.438 e. The van der Waals surface area contributed by atoms with Gasteiger partial charge in [0.2, 0.25) is 11.8 Å². The average molecular weight is 340 g/mol. The van der Waals surface area contributed by atoms with E-state index in [2.05, 4.69) is 15.3 Å². The van der Waals surface area contributed by atoms with Crippen molar-refractivity contribution in [3.8, 4) is 11.6 Å². The van der Waals surface area contributed by atoms with E-state index in [1.54, 1.807) is 36.6 Å². The van der Waals surface area contributed by atoms with Crippen molar-refractivity contribution >= 4 is 50.7 Å². The highest BCUT2D eigenvalue weighted by Gasteiger charge is 2.12. The first-order chi connectivity index (χ1) is 10.1. The first kappa shape index (κ1) is 14.4. The highest BCUT2D eigenvalue weighted by atomic mass is 35.5. The summed E-state index contributed by atoms with van der Waals surface area (Å²) in [4.78, 5) is 10.8. The summed E-state index contributed by atoms with van der Waals surface area (Å²) in [5, 5.41) is 4.73. The number of fused-ring (bicyclic) bond motifs is 1. The molecule has 0 amide bonds. The number of ether oxygens (including phenoxy) is 1. The van der Waals surface area contributed by atoms with Crippen molar-refractivity contribution in [1.29, 1.82) is 0 Å². The number of aryl methyl sites for hydroxylation is 1. The number of anilines is 1. The van der Waals surface area contributed by atoms with Gasteiger partial charge in [-0.2, -0.15) is 4.98 Å². The maximum atomic E-state index is 6.01. The van der Waals surface area contributed by atoms with Gasteiger partial charge in [0.15, 0.2) is 0 Å². The molecular weight excluding hydrogens is 329 g/mol. The number of aromatic nitrogens is 2. The fourth-order valence-corrected chi connectivity index (χ4v) is 3.02. The van der Waals surface area contributed by atoms with Crippen LogP contribution in [0.2, 0.25) is 10.0 Å². The molecule has 1 N–H and O–H groups in total. The van der Waals surface area contributed by atoms with Crippen LogP contribution in [0.25, 0.3) is 10.2 Å². The van der Waals surface area contributed by atoms with Crippen LogP contribution >= 0.6 is 34.5 Å².